The van der Waals surface area contributed by atoms with Crippen molar-refractivity contribution >= 4 is 11.0 Å². The molecule has 3 aromatic rings. The van der Waals surface area contributed by atoms with E-state index in [1.54, 1.807) is 7.11 Å². The Morgan fingerprint density at radius 2 is 2.04 bits per heavy atom. The maximum Gasteiger partial charge on any atom is 0.233 e. The van der Waals surface area contributed by atoms with Gasteiger partial charge in [0.15, 0.2) is 0 Å². The molecule has 4 rings (SSSR count). The molecule has 3 heterocycles. The Morgan fingerprint density at radius 1 is 1.21 bits per heavy atom. The van der Waals surface area contributed by atoms with Gasteiger partial charge in [-0.15, -0.1) is 10.2 Å². The normalized spacial score (nSPS) is 21.8. The second-order valence-electron chi connectivity index (χ2n) is 6.33. The second kappa shape index (κ2) is 6.03. The fourth-order valence-corrected chi connectivity index (χ4v) is 3.53. The highest BCUT2D eigenvalue weighted by atomic mass is 16.5. The van der Waals surface area contributed by atoms with Crippen LogP contribution in [0.2, 0.25) is 0 Å². The lowest BCUT2D eigenvalue weighted by Crippen LogP contribution is -2.25. The van der Waals surface area contributed by atoms with E-state index in [4.69, 9.17) is 13.6 Å². The van der Waals surface area contributed by atoms with Crippen molar-refractivity contribution in [2.24, 2.45) is 0 Å². The topological polar surface area (TPSA) is 64.5 Å². The molecular weight excluding hydrogens is 306 g/mol. The Labute approximate surface area is 140 Å². The van der Waals surface area contributed by atoms with Gasteiger partial charge in [-0.3, -0.25) is 4.90 Å². The van der Waals surface area contributed by atoms with Crippen molar-refractivity contribution in [3.63, 3.8) is 0 Å². The third-order valence-corrected chi connectivity index (χ3v) is 4.79. The second-order valence-corrected chi connectivity index (χ2v) is 6.33. The molecule has 1 fully saturated rings. The number of likely N-dealkylation sites (tertiary alicyclic amines) is 1. The Bertz CT molecular complexity index is 854. The largest absolute Gasteiger partial charge is 0.461 e. The van der Waals surface area contributed by atoms with Crippen molar-refractivity contribution in [2.75, 3.05) is 13.7 Å². The van der Waals surface area contributed by atoms with E-state index in [1.807, 2.05) is 32.0 Å². The van der Waals surface area contributed by atoms with E-state index in [1.165, 1.54) is 5.56 Å². The van der Waals surface area contributed by atoms with Gasteiger partial charge in [-0.1, -0.05) is 18.2 Å². The van der Waals surface area contributed by atoms with Crippen LogP contribution in [-0.4, -0.2) is 34.9 Å². The molecule has 1 aromatic carbocycles. The first-order valence-corrected chi connectivity index (χ1v) is 8.19. The van der Waals surface area contributed by atoms with Crippen LogP contribution in [0.4, 0.5) is 0 Å². The highest BCUT2D eigenvalue weighted by Crippen LogP contribution is 2.36. The number of nitrogens with zero attached hydrogens (tertiary/aromatic N) is 3. The van der Waals surface area contributed by atoms with Gasteiger partial charge >= 0.3 is 0 Å². The molecule has 0 spiro atoms. The minimum atomic E-state index is 0.0733. The summed E-state index contributed by atoms with van der Waals surface area (Å²) in [6.45, 7) is 5.44. The van der Waals surface area contributed by atoms with Crippen molar-refractivity contribution in [1.82, 2.24) is 15.1 Å². The molecule has 0 aliphatic carbocycles. The van der Waals surface area contributed by atoms with Gasteiger partial charge in [-0.05, 0) is 19.4 Å². The monoisotopic (exact) mass is 327 g/mol. The number of fused-ring (bicyclic) bond motifs is 1. The zero-order valence-electron chi connectivity index (χ0n) is 14.2. The fraction of sp³-hybridized carbons (Fsp3) is 0.444. The van der Waals surface area contributed by atoms with E-state index in [0.29, 0.717) is 11.8 Å². The summed E-state index contributed by atoms with van der Waals surface area (Å²) in [4.78, 5) is 2.34. The van der Waals surface area contributed by atoms with Gasteiger partial charge in [-0.2, -0.15) is 0 Å². The van der Waals surface area contributed by atoms with Crippen molar-refractivity contribution in [3.05, 3.63) is 47.4 Å². The van der Waals surface area contributed by atoms with Crippen LogP contribution in [0.15, 0.2) is 33.1 Å². The summed E-state index contributed by atoms with van der Waals surface area (Å²) in [7, 11) is 1.75. The molecule has 1 saturated heterocycles. The molecule has 0 saturated carbocycles. The number of aromatic nitrogens is 2. The molecule has 6 heteroatoms. The first-order chi connectivity index (χ1) is 11.7. The first kappa shape index (κ1) is 15.4. The van der Waals surface area contributed by atoms with Gasteiger partial charge in [0, 0.05) is 38.1 Å². The molecular formula is C18H21N3O3. The number of para-hydroxylation sites is 1. The molecule has 2 atom stereocenters. The van der Waals surface area contributed by atoms with Crippen LogP contribution in [0, 0.1) is 13.8 Å². The lowest BCUT2D eigenvalue weighted by molar-refractivity contribution is 0.107. The van der Waals surface area contributed by atoms with E-state index in [-0.39, 0.29) is 12.1 Å². The van der Waals surface area contributed by atoms with Crippen LogP contribution in [0.5, 0.6) is 0 Å². The molecule has 0 amide bonds. The van der Waals surface area contributed by atoms with E-state index in [9.17, 15) is 0 Å². The van der Waals surface area contributed by atoms with Crippen molar-refractivity contribution in [1.29, 1.82) is 0 Å². The van der Waals surface area contributed by atoms with Crippen LogP contribution in [0.25, 0.3) is 11.0 Å². The number of methoxy groups -OCH3 is 1. The Balaban J connectivity index is 1.67. The number of benzene rings is 1. The average Bonchev–Trinajstić information content (AvgIpc) is 3.26. The Morgan fingerprint density at radius 3 is 2.79 bits per heavy atom. The third kappa shape index (κ3) is 2.61. The average molecular weight is 327 g/mol. The number of ether oxygens (including phenoxy) is 1. The molecule has 0 bridgehead atoms. The maximum atomic E-state index is 5.90. The van der Waals surface area contributed by atoms with Crippen molar-refractivity contribution in [3.8, 4) is 0 Å². The van der Waals surface area contributed by atoms with Crippen LogP contribution in [-0.2, 0) is 11.3 Å². The molecule has 1 aliphatic rings. The number of furan rings is 1. The number of hydrogen-bond acceptors (Lipinski definition) is 6. The van der Waals surface area contributed by atoms with Crippen molar-refractivity contribution in [2.45, 2.75) is 39.0 Å². The van der Waals surface area contributed by atoms with Crippen molar-refractivity contribution < 1.29 is 13.6 Å². The van der Waals surface area contributed by atoms with Crippen LogP contribution >= 0.6 is 0 Å². The summed E-state index contributed by atoms with van der Waals surface area (Å²) in [5.74, 6) is 2.21. The van der Waals surface area contributed by atoms with Gasteiger partial charge in [-0.25, -0.2) is 0 Å². The molecule has 1 aliphatic heterocycles. The lowest BCUT2D eigenvalue weighted by atomic mass is 10.1. The predicted molar refractivity (Wildman–Crippen MR) is 88.6 cm³/mol. The SMILES string of the molecule is CO[C@@H]1C[C@H](c2nnc(C)o2)N(Cc2c(C)oc3ccccc23)C1. The molecule has 0 radical (unpaired) electrons. The van der Waals surface area contributed by atoms with Crippen LogP contribution in [0.1, 0.15) is 35.6 Å². The first-order valence-electron chi connectivity index (χ1n) is 8.19. The minimum Gasteiger partial charge on any atom is -0.461 e. The smallest absolute Gasteiger partial charge is 0.233 e. The third-order valence-electron chi connectivity index (χ3n) is 4.79. The molecule has 6 nitrogen and oxygen atoms in total. The van der Waals surface area contributed by atoms with Gasteiger partial charge in [0.1, 0.15) is 11.3 Å². The van der Waals surface area contributed by atoms with Gasteiger partial charge in [0.05, 0.1) is 12.1 Å². The number of rotatable bonds is 4. The lowest BCUT2D eigenvalue weighted by Gasteiger charge is -2.21. The summed E-state index contributed by atoms with van der Waals surface area (Å²) in [6.07, 6.45) is 1.02. The van der Waals surface area contributed by atoms with E-state index < -0.39 is 0 Å². The molecule has 2 aromatic heterocycles. The summed E-state index contributed by atoms with van der Waals surface area (Å²) >= 11 is 0. The summed E-state index contributed by atoms with van der Waals surface area (Å²) in [6, 6.07) is 8.23. The highest BCUT2D eigenvalue weighted by molar-refractivity contribution is 5.82. The molecule has 0 N–H and O–H groups in total. The molecule has 126 valence electrons. The van der Waals surface area contributed by atoms with Gasteiger partial charge in [0.25, 0.3) is 0 Å². The number of aryl methyl sites for hydroxylation is 2. The maximum absolute atomic E-state index is 5.90. The van der Waals surface area contributed by atoms with Gasteiger partial charge < -0.3 is 13.6 Å². The zero-order chi connectivity index (χ0) is 16.7. The van der Waals surface area contributed by atoms with E-state index in [2.05, 4.69) is 21.2 Å². The Kier molecular flexibility index (Phi) is 3.86. The quantitative estimate of drug-likeness (QED) is 0.732. The van der Waals surface area contributed by atoms with Gasteiger partial charge in [0.2, 0.25) is 11.8 Å². The van der Waals surface area contributed by atoms with E-state index >= 15 is 0 Å². The molecule has 0 unspecified atom stereocenters. The Hall–Kier alpha value is -2.18. The van der Waals surface area contributed by atoms with Crippen LogP contribution in [0.3, 0.4) is 0 Å². The zero-order valence-corrected chi connectivity index (χ0v) is 14.2. The standard InChI is InChI=1S/C18H21N3O3/c1-11-15(14-6-4-5-7-17(14)23-11)10-21-9-13(22-3)8-16(21)18-20-19-12(2)24-18/h4-7,13,16H,8-10H2,1-3H3/t13-,16-/m1/s1. The summed E-state index contributed by atoms with van der Waals surface area (Å²) < 4.78 is 17.2. The minimum absolute atomic E-state index is 0.0733. The number of hydrogen-bond donors (Lipinski definition) is 0. The predicted octanol–water partition coefficient (Wildman–Crippen LogP) is 3.39. The summed E-state index contributed by atoms with van der Waals surface area (Å²) in [5.41, 5.74) is 2.14. The summed E-state index contributed by atoms with van der Waals surface area (Å²) in [5, 5.41) is 9.37. The molecule has 24 heavy (non-hydrogen) atoms. The van der Waals surface area contributed by atoms with E-state index in [0.717, 1.165) is 36.2 Å². The fourth-order valence-electron chi connectivity index (χ4n) is 3.53. The highest BCUT2D eigenvalue weighted by Gasteiger charge is 2.37. The van der Waals surface area contributed by atoms with Crippen LogP contribution < -0.4 is 0 Å².